The van der Waals surface area contributed by atoms with Crippen LogP contribution in [0.1, 0.15) is 80.0 Å². The molecule has 2 saturated carbocycles. The van der Waals surface area contributed by atoms with Crippen molar-refractivity contribution in [3.8, 4) is 11.5 Å². The van der Waals surface area contributed by atoms with Gasteiger partial charge in [0.15, 0.2) is 42.8 Å². The molecule has 0 radical (unpaired) electrons. The number of hydrogen-bond donors (Lipinski definition) is 2. The number of allylic oxidation sites excluding steroid dienone is 3. The summed E-state index contributed by atoms with van der Waals surface area (Å²) in [5.74, 6) is -8.62. The highest BCUT2D eigenvalue weighted by Crippen LogP contribution is 2.62. The molecular weight excluding hydrogens is 1140 g/mol. The molecule has 0 amide bonds. The topological polar surface area (TPSA) is 179 Å². The van der Waals surface area contributed by atoms with Crippen molar-refractivity contribution in [2.45, 2.75) is 112 Å². The molecule has 4 fully saturated rings. The molecular formula is C53H52F10N2O10S4. The molecule has 0 aromatic heterocycles. The Hall–Kier alpha value is -5.28. The van der Waals surface area contributed by atoms with Crippen molar-refractivity contribution in [1.82, 2.24) is 9.44 Å². The summed E-state index contributed by atoms with van der Waals surface area (Å²) in [6.07, 6.45) is -5.69. The van der Waals surface area contributed by atoms with Crippen molar-refractivity contribution in [3.05, 3.63) is 156 Å². The van der Waals surface area contributed by atoms with Crippen LogP contribution >= 0.6 is 0 Å². The number of nitrogens with one attached hydrogen (secondary N) is 2. The van der Waals surface area contributed by atoms with Gasteiger partial charge in [-0.2, -0.15) is 26.3 Å². The van der Waals surface area contributed by atoms with E-state index in [0.29, 0.717) is 24.3 Å². The van der Waals surface area contributed by atoms with Crippen molar-refractivity contribution in [1.29, 1.82) is 0 Å². The van der Waals surface area contributed by atoms with Gasteiger partial charge in [0, 0.05) is 23.9 Å². The summed E-state index contributed by atoms with van der Waals surface area (Å²) in [5.41, 5.74) is -3.17. The van der Waals surface area contributed by atoms with Crippen molar-refractivity contribution >= 4 is 39.7 Å². The Morgan fingerprint density at radius 1 is 0.582 bits per heavy atom. The number of rotatable bonds is 10. The molecule has 0 spiro atoms. The first-order valence-corrected chi connectivity index (χ1v) is 30.8. The Morgan fingerprint density at radius 3 is 1.39 bits per heavy atom. The van der Waals surface area contributed by atoms with Crippen LogP contribution in [0, 0.1) is 46.9 Å². The lowest BCUT2D eigenvalue weighted by atomic mass is 9.63. The first-order chi connectivity index (χ1) is 36.9. The Morgan fingerprint density at radius 2 is 0.987 bits per heavy atom. The lowest BCUT2D eigenvalue weighted by Gasteiger charge is -2.56. The number of alkyl halides is 6. The molecule has 0 bridgehead atoms. The second-order valence-electron chi connectivity index (χ2n) is 20.8. The minimum atomic E-state index is -4.72. The summed E-state index contributed by atoms with van der Waals surface area (Å²) in [4.78, 5) is -0.977. The Balaban J connectivity index is 0.000000192. The fraction of sp³-hybridized carbons (Fsp3) is 0.434. The fourth-order valence-electron chi connectivity index (χ4n) is 13.3. The first-order valence-electron chi connectivity index (χ1n) is 24.8. The zero-order valence-corrected chi connectivity index (χ0v) is 44.9. The van der Waals surface area contributed by atoms with E-state index in [1.54, 1.807) is 0 Å². The first kappa shape index (κ1) is 58.4. The fourth-order valence-corrected chi connectivity index (χ4v) is 21.9. The van der Waals surface area contributed by atoms with Crippen LogP contribution in [0.15, 0.2) is 121 Å². The van der Waals surface area contributed by atoms with E-state index in [1.165, 1.54) is 18.2 Å². The van der Waals surface area contributed by atoms with Crippen molar-refractivity contribution in [2.75, 3.05) is 13.2 Å². The largest absolute Gasteiger partial charge is 0.490 e. The molecule has 428 valence electrons. The standard InChI is InChI=1S/C28H28F5NO5S2.C25H24F5NO5S2/c1-3-12-26(13-4-2)15-19-20-16-39-25-22(30)10-9-21(29)24(25)27(20,14-11-23(19)34-41(26,37)38)40(35,36)18-7-5-17(6-8-18)28(31,32)33;1-2-3-16-12-17-18-13-36-23-20(27)9-8-19(26)22(23)24(18,11-10-21(17)31-38(16,34)35)37(32,33)15-6-4-14(5-7-15)25(28,29)30/h3-10,19-20,23,34H,1-2,11-16H2;2,4-9,16-18,21,31H,1,3,10-13H2/t19-,20-,23+,27-;16-,17+,18+,21-,24+/m01/s1. The van der Waals surface area contributed by atoms with E-state index < -0.39 is 174 Å². The number of sulfone groups is 2. The molecule has 4 aromatic rings. The average molecular weight is 1200 g/mol. The van der Waals surface area contributed by atoms with Gasteiger partial charge < -0.3 is 9.47 Å². The van der Waals surface area contributed by atoms with Crippen molar-refractivity contribution < 1.29 is 87.0 Å². The highest BCUT2D eigenvalue weighted by molar-refractivity contribution is 7.93. The van der Waals surface area contributed by atoms with Crippen molar-refractivity contribution in [3.63, 3.8) is 0 Å². The molecule has 79 heavy (non-hydrogen) atoms. The minimum Gasteiger partial charge on any atom is -0.490 e. The third-order valence-corrected chi connectivity index (χ3v) is 26.1. The number of ether oxygens (including phenoxy) is 2. The lowest BCUT2D eigenvalue weighted by Crippen LogP contribution is -2.66. The molecule has 2 saturated heterocycles. The van der Waals surface area contributed by atoms with Gasteiger partial charge in [-0.25, -0.2) is 60.7 Å². The van der Waals surface area contributed by atoms with Crippen LogP contribution in [-0.2, 0) is 61.6 Å². The molecule has 26 heteroatoms. The van der Waals surface area contributed by atoms with Crippen LogP contribution < -0.4 is 18.9 Å². The highest BCUT2D eigenvalue weighted by Gasteiger charge is 2.67. The summed E-state index contributed by atoms with van der Waals surface area (Å²) < 4.78 is 261. The van der Waals surface area contributed by atoms with E-state index in [-0.39, 0.29) is 71.0 Å². The summed E-state index contributed by atoms with van der Waals surface area (Å²) in [5, 5.41) is -0.926. The highest BCUT2D eigenvalue weighted by atomic mass is 32.2. The van der Waals surface area contributed by atoms with E-state index in [1.807, 2.05) is 0 Å². The number of hydrogen-bond acceptors (Lipinski definition) is 10. The average Bonchev–Trinajstić information content (AvgIpc) is 3.16. The van der Waals surface area contributed by atoms with Crippen LogP contribution in [0.2, 0.25) is 0 Å². The van der Waals surface area contributed by atoms with Gasteiger partial charge in [-0.05, 0) is 142 Å². The third kappa shape index (κ3) is 9.30. The van der Waals surface area contributed by atoms with Gasteiger partial charge in [-0.3, -0.25) is 0 Å². The van der Waals surface area contributed by atoms with Crippen molar-refractivity contribution in [2.24, 2.45) is 23.7 Å². The minimum absolute atomic E-state index is 0.0172. The molecule has 9 atom stereocenters. The quantitative estimate of drug-likeness (QED) is 0.115. The number of fused-ring (bicyclic) bond motifs is 10. The molecule has 2 N–H and O–H groups in total. The molecule has 4 aliphatic heterocycles. The van der Waals surface area contributed by atoms with Crippen LogP contribution in [0.4, 0.5) is 43.9 Å². The summed E-state index contributed by atoms with van der Waals surface area (Å²) >= 11 is 0. The lowest BCUT2D eigenvalue weighted by molar-refractivity contribution is -0.138. The monoisotopic (exact) mass is 1190 g/mol. The molecule has 4 aromatic carbocycles. The molecule has 0 unspecified atom stereocenters. The van der Waals surface area contributed by atoms with Gasteiger partial charge in [0.1, 0.15) is 21.1 Å². The number of halogens is 10. The predicted molar refractivity (Wildman–Crippen MR) is 269 cm³/mol. The number of sulfonamides is 2. The Bertz CT molecular complexity index is 3550. The van der Waals surface area contributed by atoms with Crippen LogP contribution in [0.3, 0.4) is 0 Å². The Kier molecular flexibility index (Phi) is 15.0. The second-order valence-corrected chi connectivity index (χ2v) is 29.3. The zero-order valence-electron chi connectivity index (χ0n) is 41.6. The molecule has 4 heterocycles. The summed E-state index contributed by atoms with van der Waals surface area (Å²) in [6, 6.07) is 7.55. The van der Waals surface area contributed by atoms with E-state index in [4.69, 9.17) is 9.47 Å². The van der Waals surface area contributed by atoms with Crippen LogP contribution in [0.25, 0.3) is 0 Å². The van der Waals surface area contributed by atoms with Crippen LogP contribution in [-0.4, -0.2) is 69.0 Å². The molecule has 6 aliphatic rings. The molecule has 2 aliphatic carbocycles. The maximum absolute atomic E-state index is 15.7. The predicted octanol–water partition coefficient (Wildman–Crippen LogP) is 10.4. The van der Waals surface area contributed by atoms with Gasteiger partial charge in [0.2, 0.25) is 20.0 Å². The SMILES string of the molecule is C=CCC1(CC=C)C[C@@H]2[C@@H](CC[C@@]3(S(=O)(=O)c4ccc(C(F)(F)F)cc4)c4c(F)ccc(F)c4OC[C@@H]23)NS1(=O)=O.C=CC[C@@H]1C[C@@H]2[C@@H](CC[C@@]3(S(=O)(=O)c4ccc(C(F)(F)F)cc4)c4c(F)ccc(F)c4OC[C@@H]23)NS1(=O)=O. The second kappa shape index (κ2) is 20.3. The maximum atomic E-state index is 15.7. The summed E-state index contributed by atoms with van der Waals surface area (Å²) in [7, 11) is -17.1. The van der Waals surface area contributed by atoms with Gasteiger partial charge >= 0.3 is 12.4 Å². The normalized spacial score (nSPS) is 29.3. The van der Waals surface area contributed by atoms with Gasteiger partial charge in [0.25, 0.3) is 0 Å². The van der Waals surface area contributed by atoms with Gasteiger partial charge in [-0.15, -0.1) is 19.7 Å². The van der Waals surface area contributed by atoms with E-state index in [2.05, 4.69) is 29.2 Å². The number of benzene rings is 4. The summed E-state index contributed by atoms with van der Waals surface area (Å²) in [6.45, 7) is 10.2. The smallest absolute Gasteiger partial charge is 0.416 e. The zero-order chi connectivity index (χ0) is 57.7. The van der Waals surface area contributed by atoms with E-state index in [0.717, 1.165) is 48.5 Å². The molecule has 10 rings (SSSR count). The Labute approximate surface area is 450 Å². The van der Waals surface area contributed by atoms with Crippen LogP contribution in [0.5, 0.6) is 11.5 Å². The van der Waals surface area contributed by atoms with E-state index >= 15 is 8.78 Å². The maximum Gasteiger partial charge on any atom is 0.416 e. The third-order valence-electron chi connectivity index (χ3n) is 16.9. The molecule has 12 nitrogen and oxygen atoms in total. The van der Waals surface area contributed by atoms with Gasteiger partial charge in [0.05, 0.1) is 55.3 Å². The van der Waals surface area contributed by atoms with Gasteiger partial charge in [-0.1, -0.05) is 18.2 Å². The van der Waals surface area contributed by atoms with E-state index in [9.17, 15) is 68.8 Å².